The Labute approximate surface area is 147 Å². The van der Waals surface area contributed by atoms with Gasteiger partial charge in [-0.1, -0.05) is 32.6 Å². The van der Waals surface area contributed by atoms with Crippen LogP contribution in [0.2, 0.25) is 0 Å². The van der Waals surface area contributed by atoms with Crippen molar-refractivity contribution in [2.75, 3.05) is 6.54 Å². The first kappa shape index (κ1) is 26.1. The average molecular weight is 429 g/mol. The number of nitrogens with two attached hydrogens (primary N) is 1. The molecule has 0 atom stereocenters. The van der Waals surface area contributed by atoms with Crippen LogP contribution in [0.25, 0.3) is 0 Å². The van der Waals surface area contributed by atoms with Gasteiger partial charge in [0.15, 0.2) is 0 Å². The molecule has 0 unspecified atom stereocenters. The molecule has 164 valence electrons. The Morgan fingerprint density at radius 3 is 1.26 bits per heavy atom. The van der Waals surface area contributed by atoms with Gasteiger partial charge in [-0.3, -0.25) is 0 Å². The molecule has 0 aromatic carbocycles. The van der Waals surface area contributed by atoms with Gasteiger partial charge in [0.05, 0.1) is 6.54 Å². The van der Waals surface area contributed by atoms with Crippen LogP contribution >= 0.6 is 0 Å². The van der Waals surface area contributed by atoms with E-state index in [-0.39, 0.29) is 12.8 Å². The third kappa shape index (κ3) is 4.42. The van der Waals surface area contributed by atoms with Crippen LogP contribution in [0.3, 0.4) is 0 Å². The van der Waals surface area contributed by atoms with E-state index >= 15 is 0 Å². The minimum atomic E-state index is -7.52. The van der Waals surface area contributed by atoms with Crippen molar-refractivity contribution in [1.82, 2.24) is 0 Å². The normalized spacial score (nSPS) is 15.3. The first-order chi connectivity index (χ1) is 11.9. The van der Waals surface area contributed by atoms with E-state index in [0.717, 1.165) is 0 Å². The summed E-state index contributed by atoms with van der Waals surface area (Å²) in [6, 6.07) is 0. The number of hydrogen-bond acceptors (Lipinski definition) is 1. The van der Waals surface area contributed by atoms with Crippen molar-refractivity contribution >= 4 is 0 Å². The van der Waals surface area contributed by atoms with Gasteiger partial charge >= 0.3 is 35.5 Å². The van der Waals surface area contributed by atoms with Gasteiger partial charge in [-0.2, -0.15) is 52.7 Å². The van der Waals surface area contributed by atoms with Crippen molar-refractivity contribution in [3.8, 4) is 0 Å². The van der Waals surface area contributed by atoms with Crippen LogP contribution in [0, 0.1) is 0 Å². The van der Waals surface area contributed by atoms with Crippen LogP contribution in [0.15, 0.2) is 0 Å². The van der Waals surface area contributed by atoms with E-state index in [1.54, 1.807) is 6.92 Å². The van der Waals surface area contributed by atoms with Gasteiger partial charge in [0.1, 0.15) is 0 Å². The summed E-state index contributed by atoms with van der Waals surface area (Å²) in [4.78, 5) is 0. The SMILES string of the molecule is CCCCCCCC(F)(F)C(F)(F)C(F)(F)C(F)(F)C(F)(F)C(F)(F)CN. The summed E-state index contributed by atoms with van der Waals surface area (Å²) in [6.07, 6.45) is -1.58. The average Bonchev–Trinajstić information content (AvgIpc) is 2.53. The third-order valence-corrected chi connectivity index (χ3v) is 3.95. The lowest BCUT2D eigenvalue weighted by molar-refractivity contribution is -0.424. The van der Waals surface area contributed by atoms with Crippen molar-refractivity contribution < 1.29 is 52.7 Å². The van der Waals surface area contributed by atoms with Crippen LogP contribution in [0.1, 0.15) is 45.4 Å². The second-order valence-corrected chi connectivity index (χ2v) is 6.07. The summed E-state index contributed by atoms with van der Waals surface area (Å²) in [5.41, 5.74) is 4.09. The van der Waals surface area contributed by atoms with Gasteiger partial charge in [0, 0.05) is 6.42 Å². The number of unbranched alkanes of at least 4 members (excludes halogenated alkanes) is 4. The molecule has 0 aliphatic heterocycles. The van der Waals surface area contributed by atoms with E-state index in [2.05, 4.69) is 5.73 Å². The summed E-state index contributed by atoms with van der Waals surface area (Å²) < 4.78 is 159. The van der Waals surface area contributed by atoms with Crippen LogP contribution < -0.4 is 5.73 Å². The Hall–Kier alpha value is -0.880. The Morgan fingerprint density at radius 1 is 0.519 bits per heavy atom. The topological polar surface area (TPSA) is 26.0 Å². The fourth-order valence-corrected chi connectivity index (χ4v) is 2.09. The molecule has 0 aromatic heterocycles. The van der Waals surface area contributed by atoms with E-state index in [9.17, 15) is 52.7 Å². The highest BCUT2D eigenvalue weighted by Crippen LogP contribution is 2.60. The lowest BCUT2D eigenvalue weighted by Crippen LogP contribution is -2.71. The van der Waals surface area contributed by atoms with E-state index < -0.39 is 54.9 Å². The third-order valence-electron chi connectivity index (χ3n) is 3.95. The molecule has 0 bridgehead atoms. The highest BCUT2D eigenvalue weighted by Gasteiger charge is 2.89. The zero-order valence-electron chi connectivity index (χ0n) is 14.1. The lowest BCUT2D eigenvalue weighted by atomic mass is 9.89. The predicted octanol–water partition coefficient (Wildman–Crippen LogP) is 6.12. The first-order valence-electron chi connectivity index (χ1n) is 7.84. The molecular formula is C14H19F12N. The highest BCUT2D eigenvalue weighted by molar-refractivity contribution is 5.11. The molecule has 0 aromatic rings. The molecule has 27 heavy (non-hydrogen) atoms. The Morgan fingerprint density at radius 2 is 0.889 bits per heavy atom. The molecular weight excluding hydrogens is 410 g/mol. The molecule has 13 heteroatoms. The number of rotatable bonds is 12. The summed E-state index contributed by atoms with van der Waals surface area (Å²) in [5, 5.41) is 0. The monoisotopic (exact) mass is 429 g/mol. The maximum Gasteiger partial charge on any atom is 0.384 e. The van der Waals surface area contributed by atoms with Crippen molar-refractivity contribution in [2.45, 2.75) is 81.0 Å². The van der Waals surface area contributed by atoms with Crippen LogP contribution in [-0.4, -0.2) is 42.1 Å². The van der Waals surface area contributed by atoms with Crippen LogP contribution in [0.5, 0.6) is 0 Å². The molecule has 0 amide bonds. The Bertz CT molecular complexity index is 475. The molecule has 0 saturated heterocycles. The van der Waals surface area contributed by atoms with E-state index in [0.29, 0.717) is 12.8 Å². The maximum atomic E-state index is 13.5. The second-order valence-electron chi connectivity index (χ2n) is 6.07. The summed E-state index contributed by atoms with van der Waals surface area (Å²) in [6.45, 7) is -0.895. The summed E-state index contributed by atoms with van der Waals surface area (Å²) in [7, 11) is 0. The molecule has 0 rings (SSSR count). The largest absolute Gasteiger partial charge is 0.384 e. The minimum Gasteiger partial charge on any atom is -0.325 e. The summed E-state index contributed by atoms with van der Waals surface area (Å²) >= 11 is 0. The predicted molar refractivity (Wildman–Crippen MR) is 72.1 cm³/mol. The molecule has 0 fully saturated rings. The molecule has 0 spiro atoms. The van der Waals surface area contributed by atoms with Crippen molar-refractivity contribution in [3.63, 3.8) is 0 Å². The number of halogens is 12. The fourth-order valence-electron chi connectivity index (χ4n) is 2.09. The van der Waals surface area contributed by atoms with Crippen molar-refractivity contribution in [3.05, 3.63) is 0 Å². The lowest BCUT2D eigenvalue weighted by Gasteiger charge is -2.41. The quantitative estimate of drug-likeness (QED) is 0.294. The van der Waals surface area contributed by atoms with Gasteiger partial charge in [0.25, 0.3) is 0 Å². The molecule has 0 radical (unpaired) electrons. The molecule has 0 saturated carbocycles. The zero-order valence-corrected chi connectivity index (χ0v) is 14.1. The maximum absolute atomic E-state index is 13.5. The van der Waals surface area contributed by atoms with Crippen LogP contribution in [0.4, 0.5) is 52.7 Å². The number of alkyl halides is 12. The summed E-state index contributed by atoms with van der Waals surface area (Å²) in [5.74, 6) is -41.0. The van der Waals surface area contributed by atoms with E-state index in [1.165, 1.54) is 0 Å². The van der Waals surface area contributed by atoms with Gasteiger partial charge < -0.3 is 5.73 Å². The van der Waals surface area contributed by atoms with Crippen molar-refractivity contribution in [1.29, 1.82) is 0 Å². The molecule has 0 aliphatic rings. The Balaban J connectivity index is 5.73. The van der Waals surface area contributed by atoms with Gasteiger partial charge in [-0.05, 0) is 6.42 Å². The van der Waals surface area contributed by atoms with Gasteiger partial charge in [-0.15, -0.1) is 0 Å². The minimum absolute atomic E-state index is 0.136. The zero-order chi connectivity index (χ0) is 21.9. The molecule has 1 nitrogen and oxygen atoms in total. The second kappa shape index (κ2) is 8.24. The van der Waals surface area contributed by atoms with Crippen molar-refractivity contribution in [2.24, 2.45) is 5.73 Å². The van der Waals surface area contributed by atoms with Crippen LogP contribution in [-0.2, 0) is 0 Å². The smallest absolute Gasteiger partial charge is 0.325 e. The fraction of sp³-hybridized carbons (Fsp3) is 1.00. The molecule has 0 heterocycles. The highest BCUT2D eigenvalue weighted by atomic mass is 19.4. The Kier molecular flexibility index (Phi) is 7.97. The number of hydrogen-bond donors (Lipinski definition) is 1. The van der Waals surface area contributed by atoms with E-state index in [4.69, 9.17) is 0 Å². The van der Waals surface area contributed by atoms with Gasteiger partial charge in [-0.25, -0.2) is 0 Å². The standard InChI is InChI=1S/C14H19F12N/c1-2-3-4-5-6-7-9(15,16)11(19,20)13(23,24)14(25,26)12(21,22)10(17,18)8-27/h2-8,27H2,1H3. The molecule has 2 N–H and O–H groups in total. The van der Waals surface area contributed by atoms with E-state index in [1.807, 2.05) is 0 Å². The van der Waals surface area contributed by atoms with Gasteiger partial charge in [0.2, 0.25) is 0 Å². The first-order valence-corrected chi connectivity index (χ1v) is 7.84. The molecule has 0 aliphatic carbocycles.